The number of aromatic nitrogens is 2. The molecule has 0 saturated carbocycles. The quantitative estimate of drug-likeness (QED) is 0.518. The van der Waals surface area contributed by atoms with Gasteiger partial charge in [-0.2, -0.15) is 18.3 Å². The Hall–Kier alpha value is -2.80. The van der Waals surface area contributed by atoms with Crippen LogP contribution in [0.5, 0.6) is 0 Å². The fraction of sp³-hybridized carbons (Fsp3) is 0.200. The van der Waals surface area contributed by atoms with Gasteiger partial charge in [-0.1, -0.05) is 36.7 Å². The summed E-state index contributed by atoms with van der Waals surface area (Å²) in [7, 11) is 0. The molecule has 0 radical (unpaired) electrons. The molecule has 0 saturated heterocycles. The van der Waals surface area contributed by atoms with Gasteiger partial charge in [-0.25, -0.2) is 0 Å². The van der Waals surface area contributed by atoms with Gasteiger partial charge >= 0.3 is 6.18 Å². The lowest BCUT2D eigenvalue weighted by Crippen LogP contribution is -2.04. The topological polar surface area (TPSA) is 57.8 Å². The second kappa shape index (κ2) is 8.06. The van der Waals surface area contributed by atoms with Crippen molar-refractivity contribution in [2.24, 2.45) is 0 Å². The number of carbonyl (C=O) groups is 1. The van der Waals surface area contributed by atoms with Crippen LogP contribution in [0.15, 0.2) is 48.7 Å². The third-order valence-corrected chi connectivity index (χ3v) is 4.72. The summed E-state index contributed by atoms with van der Waals surface area (Å²) in [5.41, 5.74) is 2.81. The number of anilines is 1. The van der Waals surface area contributed by atoms with Crippen molar-refractivity contribution in [2.75, 3.05) is 5.32 Å². The normalized spacial score (nSPS) is 12.6. The molecule has 1 heterocycles. The second-order valence-corrected chi connectivity index (χ2v) is 6.77. The Balaban J connectivity index is 1.75. The lowest BCUT2D eigenvalue weighted by Gasteiger charge is -2.12. The van der Waals surface area contributed by atoms with Crippen molar-refractivity contribution < 1.29 is 18.0 Å². The van der Waals surface area contributed by atoms with E-state index < -0.39 is 11.7 Å². The highest BCUT2D eigenvalue weighted by molar-refractivity contribution is 6.33. The van der Waals surface area contributed by atoms with Crippen molar-refractivity contribution in [3.05, 3.63) is 70.4 Å². The highest BCUT2D eigenvalue weighted by Crippen LogP contribution is 2.32. The molecule has 8 heteroatoms. The fourth-order valence-corrected chi connectivity index (χ4v) is 3.00. The van der Waals surface area contributed by atoms with Gasteiger partial charge in [0.2, 0.25) is 0 Å². The minimum Gasteiger partial charge on any atom is -0.380 e. The monoisotopic (exact) mass is 407 g/mol. The molecule has 1 atom stereocenters. The maximum Gasteiger partial charge on any atom is 0.416 e. The van der Waals surface area contributed by atoms with Crippen LogP contribution in [0.1, 0.15) is 29.5 Å². The third kappa shape index (κ3) is 4.36. The van der Waals surface area contributed by atoms with Crippen LogP contribution in [0.3, 0.4) is 0 Å². The van der Waals surface area contributed by atoms with Gasteiger partial charge in [0.05, 0.1) is 28.2 Å². The number of hydrogen-bond donors (Lipinski definition) is 2. The van der Waals surface area contributed by atoms with E-state index in [0.29, 0.717) is 28.5 Å². The molecule has 0 aliphatic heterocycles. The van der Waals surface area contributed by atoms with Crippen molar-refractivity contribution >= 4 is 23.6 Å². The van der Waals surface area contributed by atoms with Crippen LogP contribution in [0.4, 0.5) is 18.9 Å². The first-order valence-corrected chi connectivity index (χ1v) is 8.86. The second-order valence-electron chi connectivity index (χ2n) is 6.36. The minimum atomic E-state index is -4.37. The van der Waals surface area contributed by atoms with Gasteiger partial charge in [-0.3, -0.25) is 5.10 Å². The smallest absolute Gasteiger partial charge is 0.380 e. The number of aromatic amines is 1. The molecule has 146 valence electrons. The van der Waals surface area contributed by atoms with E-state index in [1.807, 2.05) is 6.07 Å². The number of hydrogen-bond acceptors (Lipinski definition) is 3. The van der Waals surface area contributed by atoms with Crippen molar-refractivity contribution in [3.63, 3.8) is 0 Å². The first kappa shape index (κ1) is 19.9. The molecule has 0 amide bonds. The third-order valence-electron chi connectivity index (χ3n) is 4.41. The molecular formula is C20H17ClF3N3O. The lowest BCUT2D eigenvalue weighted by atomic mass is 10.0. The summed E-state index contributed by atoms with van der Waals surface area (Å²) in [4.78, 5) is 10.9. The van der Waals surface area contributed by atoms with E-state index in [1.54, 1.807) is 25.3 Å². The summed E-state index contributed by atoms with van der Waals surface area (Å²) in [6, 6.07) is 10.2. The van der Waals surface area contributed by atoms with E-state index in [4.69, 9.17) is 11.6 Å². The molecule has 28 heavy (non-hydrogen) atoms. The SMILES string of the molecule is CC(C=O)c1ccc(NCc2cn[nH]c2-c2ccc(C(F)(F)F)cc2)c(Cl)c1. The molecule has 0 spiro atoms. The number of nitrogens with one attached hydrogen (secondary N) is 2. The summed E-state index contributed by atoms with van der Waals surface area (Å²) < 4.78 is 38.2. The van der Waals surface area contributed by atoms with Crippen LogP contribution in [0.25, 0.3) is 11.3 Å². The Morgan fingerprint density at radius 1 is 1.21 bits per heavy atom. The van der Waals surface area contributed by atoms with Gasteiger partial charge in [0, 0.05) is 18.0 Å². The van der Waals surface area contributed by atoms with Gasteiger partial charge in [0.15, 0.2) is 0 Å². The van der Waals surface area contributed by atoms with Crippen molar-refractivity contribution in [1.29, 1.82) is 0 Å². The summed E-state index contributed by atoms with van der Waals surface area (Å²) >= 11 is 6.28. The predicted octanol–water partition coefficient (Wildman–Crippen LogP) is 5.66. The van der Waals surface area contributed by atoms with E-state index in [1.165, 1.54) is 12.1 Å². The van der Waals surface area contributed by atoms with Gasteiger partial charge in [-0.15, -0.1) is 0 Å². The number of benzene rings is 2. The van der Waals surface area contributed by atoms with Crippen LogP contribution in [0, 0.1) is 0 Å². The van der Waals surface area contributed by atoms with Gasteiger partial charge in [0.1, 0.15) is 6.29 Å². The molecule has 2 N–H and O–H groups in total. The molecule has 1 unspecified atom stereocenters. The van der Waals surface area contributed by atoms with Crippen LogP contribution in [-0.2, 0) is 17.5 Å². The van der Waals surface area contributed by atoms with Crippen LogP contribution >= 0.6 is 11.6 Å². The molecule has 0 aliphatic carbocycles. The number of halogens is 4. The predicted molar refractivity (Wildman–Crippen MR) is 102 cm³/mol. The van der Waals surface area contributed by atoms with Gasteiger partial charge < -0.3 is 10.1 Å². The summed E-state index contributed by atoms with van der Waals surface area (Å²) in [5.74, 6) is -0.244. The Morgan fingerprint density at radius 2 is 1.93 bits per heavy atom. The molecule has 0 aliphatic rings. The standard InChI is InChI=1S/C20H17ClF3N3O/c1-12(11-28)14-4-7-18(17(21)8-14)25-9-15-10-26-27-19(15)13-2-5-16(6-3-13)20(22,23)24/h2-8,10-12,25H,9H2,1H3,(H,26,27). The molecular weight excluding hydrogens is 391 g/mol. The maximum atomic E-state index is 12.7. The molecule has 3 aromatic rings. The number of H-pyrrole nitrogens is 1. The van der Waals surface area contributed by atoms with Gasteiger partial charge in [-0.05, 0) is 35.4 Å². The lowest BCUT2D eigenvalue weighted by molar-refractivity contribution is -0.137. The van der Waals surface area contributed by atoms with Crippen LogP contribution in [-0.4, -0.2) is 16.5 Å². The van der Waals surface area contributed by atoms with Gasteiger partial charge in [0.25, 0.3) is 0 Å². The Bertz CT molecular complexity index is 968. The molecule has 0 bridgehead atoms. The van der Waals surface area contributed by atoms with Crippen LogP contribution in [0.2, 0.25) is 5.02 Å². The zero-order valence-corrected chi connectivity index (χ0v) is 15.6. The van der Waals surface area contributed by atoms with E-state index in [0.717, 1.165) is 29.5 Å². The van der Waals surface area contributed by atoms with E-state index in [9.17, 15) is 18.0 Å². The Kier molecular flexibility index (Phi) is 5.74. The molecule has 0 fully saturated rings. The highest BCUT2D eigenvalue weighted by atomic mass is 35.5. The average Bonchev–Trinajstić information content (AvgIpc) is 3.14. The number of nitrogens with zero attached hydrogens (tertiary/aromatic N) is 1. The minimum absolute atomic E-state index is 0.244. The maximum absolute atomic E-state index is 12.7. The van der Waals surface area contributed by atoms with Crippen molar-refractivity contribution in [3.8, 4) is 11.3 Å². The van der Waals surface area contributed by atoms with E-state index >= 15 is 0 Å². The van der Waals surface area contributed by atoms with Crippen molar-refractivity contribution in [2.45, 2.75) is 25.6 Å². The Labute approximate surface area is 164 Å². The molecule has 3 rings (SSSR count). The summed E-state index contributed by atoms with van der Waals surface area (Å²) in [5, 5.41) is 10.5. The number of aldehydes is 1. The van der Waals surface area contributed by atoms with E-state index in [-0.39, 0.29) is 5.92 Å². The first-order chi connectivity index (χ1) is 13.3. The molecule has 2 aromatic carbocycles. The summed E-state index contributed by atoms with van der Waals surface area (Å²) in [6.45, 7) is 2.16. The zero-order valence-electron chi connectivity index (χ0n) is 14.8. The van der Waals surface area contributed by atoms with Crippen molar-refractivity contribution in [1.82, 2.24) is 10.2 Å². The zero-order chi connectivity index (χ0) is 20.3. The molecule has 4 nitrogen and oxygen atoms in total. The van der Waals surface area contributed by atoms with Crippen LogP contribution < -0.4 is 5.32 Å². The summed E-state index contributed by atoms with van der Waals surface area (Å²) in [6.07, 6.45) is -1.92. The Morgan fingerprint density at radius 3 is 2.54 bits per heavy atom. The fourth-order valence-electron chi connectivity index (χ4n) is 2.75. The first-order valence-electron chi connectivity index (χ1n) is 8.48. The average molecular weight is 408 g/mol. The highest BCUT2D eigenvalue weighted by Gasteiger charge is 2.30. The number of carbonyl (C=O) groups excluding carboxylic acids is 1. The number of alkyl halides is 3. The number of rotatable bonds is 6. The van der Waals surface area contributed by atoms with E-state index in [2.05, 4.69) is 15.5 Å². The largest absolute Gasteiger partial charge is 0.416 e. The molecule has 1 aromatic heterocycles.